The van der Waals surface area contributed by atoms with Crippen LogP contribution in [0.2, 0.25) is 0 Å². The first kappa shape index (κ1) is 15.5. The molecule has 0 saturated carbocycles. The lowest BCUT2D eigenvalue weighted by Crippen LogP contribution is -2.09. The van der Waals surface area contributed by atoms with Gasteiger partial charge in [0.2, 0.25) is 0 Å². The van der Waals surface area contributed by atoms with Gasteiger partial charge in [0.1, 0.15) is 6.61 Å². The van der Waals surface area contributed by atoms with E-state index in [2.05, 4.69) is 0 Å². The quantitative estimate of drug-likeness (QED) is 0.405. The summed E-state index contributed by atoms with van der Waals surface area (Å²) in [5.74, 6) is -0.680. The summed E-state index contributed by atoms with van der Waals surface area (Å²) in [6.45, 7) is 4.00. The number of non-ortho nitro benzene ring substituents is 1. The number of benzene rings is 2. The molecule has 0 radical (unpaired) electrons. The lowest BCUT2D eigenvalue weighted by Gasteiger charge is -2.08. The summed E-state index contributed by atoms with van der Waals surface area (Å²) < 4.78 is 5.20. The molecule has 0 aliphatic rings. The topological polar surface area (TPSA) is 95.5 Å². The fourth-order valence-corrected chi connectivity index (χ4v) is 2.21. The number of anilines is 1. The Kier molecular flexibility index (Phi) is 4.41. The molecular formula is C16H16N2O4. The predicted octanol–water partition coefficient (Wildman–Crippen LogP) is 3.15. The van der Waals surface area contributed by atoms with Crippen LogP contribution in [-0.2, 0) is 11.3 Å². The Morgan fingerprint density at radius 2 is 1.82 bits per heavy atom. The third kappa shape index (κ3) is 3.60. The molecule has 2 rings (SSSR count). The summed E-state index contributed by atoms with van der Waals surface area (Å²) in [5.41, 5.74) is 8.63. The molecule has 22 heavy (non-hydrogen) atoms. The number of nitro benzene ring substituents is 1. The molecule has 0 saturated heterocycles. The minimum Gasteiger partial charge on any atom is -0.457 e. The minimum absolute atomic E-state index is 0.00132. The Labute approximate surface area is 127 Å². The second-order valence-corrected chi connectivity index (χ2v) is 5.10. The Morgan fingerprint density at radius 3 is 2.41 bits per heavy atom. The molecule has 6 heteroatoms. The van der Waals surface area contributed by atoms with Crippen molar-refractivity contribution in [3.8, 4) is 0 Å². The lowest BCUT2D eigenvalue weighted by molar-refractivity contribution is -0.384. The smallest absolute Gasteiger partial charge is 0.340 e. The van der Waals surface area contributed by atoms with E-state index in [1.165, 1.54) is 12.1 Å². The Balaban J connectivity index is 2.15. The molecule has 0 spiro atoms. The summed E-state index contributed by atoms with van der Waals surface area (Å²) >= 11 is 0. The average Bonchev–Trinajstić information content (AvgIpc) is 2.44. The maximum absolute atomic E-state index is 12.1. The van der Waals surface area contributed by atoms with Gasteiger partial charge in [-0.3, -0.25) is 10.1 Å². The molecule has 0 heterocycles. The largest absolute Gasteiger partial charge is 0.457 e. The van der Waals surface area contributed by atoms with E-state index in [4.69, 9.17) is 10.5 Å². The van der Waals surface area contributed by atoms with E-state index < -0.39 is 10.9 Å². The van der Waals surface area contributed by atoms with Crippen molar-refractivity contribution >= 4 is 17.3 Å². The van der Waals surface area contributed by atoms with Gasteiger partial charge in [-0.2, -0.15) is 0 Å². The van der Waals surface area contributed by atoms with Gasteiger partial charge in [0.05, 0.1) is 10.5 Å². The van der Waals surface area contributed by atoms with E-state index >= 15 is 0 Å². The molecule has 0 aliphatic carbocycles. The summed E-state index contributed by atoms with van der Waals surface area (Å²) in [6.07, 6.45) is 0. The van der Waals surface area contributed by atoms with Crippen molar-refractivity contribution in [1.29, 1.82) is 0 Å². The van der Waals surface area contributed by atoms with Crippen LogP contribution in [0.25, 0.3) is 0 Å². The molecule has 0 bridgehead atoms. The molecule has 0 atom stereocenters. The molecule has 114 valence electrons. The van der Waals surface area contributed by atoms with Crippen molar-refractivity contribution in [3.63, 3.8) is 0 Å². The molecule has 2 aromatic rings. The van der Waals surface area contributed by atoms with Gasteiger partial charge in [0.25, 0.3) is 5.69 Å². The van der Waals surface area contributed by atoms with Gasteiger partial charge in [0, 0.05) is 17.8 Å². The second kappa shape index (κ2) is 6.26. The number of rotatable bonds is 4. The maximum Gasteiger partial charge on any atom is 0.340 e. The maximum atomic E-state index is 12.1. The third-order valence-electron chi connectivity index (χ3n) is 3.12. The minimum atomic E-state index is -0.680. The van der Waals surface area contributed by atoms with Crippen molar-refractivity contribution in [1.82, 2.24) is 0 Å². The number of hydrogen-bond acceptors (Lipinski definition) is 5. The molecular weight excluding hydrogens is 284 g/mol. The number of carbonyl (C=O) groups is 1. The number of nitrogens with zero attached hydrogens (tertiary/aromatic N) is 1. The highest BCUT2D eigenvalue weighted by Crippen LogP contribution is 2.21. The number of nitro groups is 1. The zero-order chi connectivity index (χ0) is 16.3. The Bertz CT molecular complexity index is 721. The van der Waals surface area contributed by atoms with Crippen LogP contribution < -0.4 is 5.73 Å². The normalized spacial score (nSPS) is 10.3. The van der Waals surface area contributed by atoms with Crippen molar-refractivity contribution < 1.29 is 14.5 Å². The molecule has 0 aliphatic heterocycles. The monoisotopic (exact) mass is 300 g/mol. The van der Waals surface area contributed by atoms with Crippen LogP contribution >= 0.6 is 0 Å². The predicted molar refractivity (Wildman–Crippen MR) is 82.5 cm³/mol. The van der Waals surface area contributed by atoms with Gasteiger partial charge < -0.3 is 10.5 Å². The first-order valence-corrected chi connectivity index (χ1v) is 6.65. The van der Waals surface area contributed by atoms with Crippen LogP contribution in [0.5, 0.6) is 0 Å². The average molecular weight is 300 g/mol. The van der Waals surface area contributed by atoms with E-state index in [1.54, 1.807) is 0 Å². The zero-order valence-corrected chi connectivity index (χ0v) is 12.3. The standard InChI is InChI=1S/C16H16N2O4/c1-10-5-11(2)7-12(6-10)9-22-16(19)14-8-13(18(20)21)3-4-15(14)17/h3-8H,9,17H2,1-2H3. The fourth-order valence-electron chi connectivity index (χ4n) is 2.21. The highest BCUT2D eigenvalue weighted by atomic mass is 16.6. The van der Waals surface area contributed by atoms with Crippen molar-refractivity contribution in [3.05, 3.63) is 68.8 Å². The molecule has 0 aromatic heterocycles. The SMILES string of the molecule is Cc1cc(C)cc(COC(=O)c2cc([N+](=O)[O-])ccc2N)c1. The Hall–Kier alpha value is -2.89. The van der Waals surface area contributed by atoms with Crippen LogP contribution in [0, 0.1) is 24.0 Å². The van der Waals surface area contributed by atoms with Gasteiger partial charge in [-0.25, -0.2) is 4.79 Å². The van der Waals surface area contributed by atoms with Gasteiger partial charge in [-0.1, -0.05) is 29.3 Å². The van der Waals surface area contributed by atoms with Crippen LogP contribution in [0.3, 0.4) is 0 Å². The van der Waals surface area contributed by atoms with Gasteiger partial charge in [-0.05, 0) is 25.5 Å². The van der Waals surface area contributed by atoms with Crippen LogP contribution in [0.15, 0.2) is 36.4 Å². The van der Waals surface area contributed by atoms with Crippen molar-refractivity contribution in [2.45, 2.75) is 20.5 Å². The van der Waals surface area contributed by atoms with Crippen LogP contribution in [0.4, 0.5) is 11.4 Å². The van der Waals surface area contributed by atoms with Crippen LogP contribution in [-0.4, -0.2) is 10.9 Å². The summed E-state index contributed by atoms with van der Waals surface area (Å²) in [4.78, 5) is 22.2. The summed E-state index contributed by atoms with van der Waals surface area (Å²) in [6, 6.07) is 9.54. The Morgan fingerprint density at radius 1 is 1.18 bits per heavy atom. The van der Waals surface area contributed by atoms with Crippen molar-refractivity contribution in [2.24, 2.45) is 0 Å². The first-order valence-electron chi connectivity index (χ1n) is 6.65. The number of hydrogen-bond donors (Lipinski definition) is 1. The molecule has 0 amide bonds. The fraction of sp³-hybridized carbons (Fsp3) is 0.188. The number of ether oxygens (including phenoxy) is 1. The van der Waals surface area contributed by atoms with Gasteiger partial charge in [0.15, 0.2) is 0 Å². The van der Waals surface area contributed by atoms with Crippen LogP contribution in [0.1, 0.15) is 27.0 Å². The molecule has 2 aromatic carbocycles. The summed E-state index contributed by atoms with van der Waals surface area (Å²) in [5, 5.41) is 10.8. The second-order valence-electron chi connectivity index (χ2n) is 5.10. The number of carbonyl (C=O) groups excluding carboxylic acids is 1. The molecule has 2 N–H and O–H groups in total. The van der Waals surface area contributed by atoms with Gasteiger partial charge >= 0.3 is 5.97 Å². The summed E-state index contributed by atoms with van der Waals surface area (Å²) in [7, 11) is 0. The van der Waals surface area contributed by atoms with Crippen molar-refractivity contribution in [2.75, 3.05) is 5.73 Å². The third-order valence-corrected chi connectivity index (χ3v) is 3.12. The highest BCUT2D eigenvalue weighted by molar-refractivity contribution is 5.95. The lowest BCUT2D eigenvalue weighted by atomic mass is 10.1. The van der Waals surface area contributed by atoms with E-state index in [0.717, 1.165) is 22.8 Å². The first-order chi connectivity index (χ1) is 10.4. The number of nitrogens with two attached hydrogens (primary N) is 1. The van der Waals surface area contributed by atoms with E-state index in [9.17, 15) is 14.9 Å². The van der Waals surface area contributed by atoms with E-state index in [-0.39, 0.29) is 23.5 Å². The highest BCUT2D eigenvalue weighted by Gasteiger charge is 2.16. The molecule has 0 unspecified atom stereocenters. The van der Waals surface area contributed by atoms with E-state index in [1.807, 2.05) is 32.0 Å². The molecule has 6 nitrogen and oxygen atoms in total. The molecule has 0 fully saturated rings. The number of nitrogen functional groups attached to an aromatic ring is 1. The van der Waals surface area contributed by atoms with E-state index in [0.29, 0.717) is 0 Å². The number of aryl methyl sites for hydroxylation is 2. The zero-order valence-electron chi connectivity index (χ0n) is 12.3. The number of esters is 1. The van der Waals surface area contributed by atoms with Gasteiger partial charge in [-0.15, -0.1) is 0 Å².